The van der Waals surface area contributed by atoms with E-state index < -0.39 is 5.82 Å². The second kappa shape index (κ2) is 7.51. The zero-order valence-corrected chi connectivity index (χ0v) is 14.5. The predicted octanol–water partition coefficient (Wildman–Crippen LogP) is 3.03. The van der Waals surface area contributed by atoms with Crippen molar-refractivity contribution < 1.29 is 13.9 Å². The molecule has 1 fully saturated rings. The summed E-state index contributed by atoms with van der Waals surface area (Å²) in [7, 11) is 3.87. The molecular formula is C19H22FN3O2. The van der Waals surface area contributed by atoms with Crippen LogP contribution >= 0.6 is 0 Å². The average molecular weight is 343 g/mol. The lowest BCUT2D eigenvalue weighted by Gasteiger charge is -2.26. The number of benzene rings is 1. The Morgan fingerprint density at radius 1 is 1.36 bits per heavy atom. The summed E-state index contributed by atoms with van der Waals surface area (Å²) in [6.45, 7) is 0.521. The number of carbonyl (C=O) groups is 1. The van der Waals surface area contributed by atoms with Crippen LogP contribution in [0.25, 0.3) is 0 Å². The Kier molecular flexibility index (Phi) is 5.16. The molecule has 1 aliphatic rings. The van der Waals surface area contributed by atoms with Crippen LogP contribution in [0.15, 0.2) is 42.6 Å². The number of ether oxygens (including phenoxy) is 1. The number of amides is 1. The summed E-state index contributed by atoms with van der Waals surface area (Å²) in [6, 6.07) is 10.1. The van der Waals surface area contributed by atoms with Crippen molar-refractivity contribution in [1.82, 2.24) is 9.88 Å². The van der Waals surface area contributed by atoms with Crippen molar-refractivity contribution in [1.29, 1.82) is 0 Å². The third kappa shape index (κ3) is 3.90. The number of nitrogens with zero attached hydrogens (tertiary/aromatic N) is 3. The molecule has 1 saturated heterocycles. The number of aromatic nitrogens is 1. The minimum atomic E-state index is -0.460. The van der Waals surface area contributed by atoms with Gasteiger partial charge in [-0.25, -0.2) is 9.37 Å². The second-order valence-electron chi connectivity index (χ2n) is 6.31. The van der Waals surface area contributed by atoms with Gasteiger partial charge in [-0.1, -0.05) is 12.1 Å². The summed E-state index contributed by atoms with van der Waals surface area (Å²) in [5.41, 5.74) is 1.07. The van der Waals surface area contributed by atoms with E-state index in [2.05, 4.69) is 4.98 Å². The molecule has 1 aromatic carbocycles. The molecule has 1 aliphatic heterocycles. The van der Waals surface area contributed by atoms with E-state index >= 15 is 0 Å². The first-order valence-corrected chi connectivity index (χ1v) is 8.36. The Morgan fingerprint density at radius 2 is 2.16 bits per heavy atom. The molecule has 0 saturated carbocycles. The maximum absolute atomic E-state index is 13.6. The number of pyridine rings is 1. The van der Waals surface area contributed by atoms with Gasteiger partial charge in [0.05, 0.1) is 6.04 Å². The minimum Gasteiger partial charge on any atom is -0.481 e. The molecule has 0 radical (unpaired) electrons. The first-order chi connectivity index (χ1) is 12.1. The van der Waals surface area contributed by atoms with Crippen molar-refractivity contribution >= 4 is 11.7 Å². The molecule has 132 valence electrons. The Labute approximate surface area is 147 Å². The normalized spacial score (nSPS) is 16.8. The van der Waals surface area contributed by atoms with Crippen LogP contribution in [-0.4, -0.2) is 43.0 Å². The fraction of sp³-hybridized carbons (Fsp3) is 0.368. The van der Waals surface area contributed by atoms with Gasteiger partial charge < -0.3 is 14.5 Å². The molecule has 1 unspecified atom stereocenters. The summed E-state index contributed by atoms with van der Waals surface area (Å²) in [4.78, 5) is 20.7. The molecule has 2 heterocycles. The highest BCUT2D eigenvalue weighted by atomic mass is 19.1. The van der Waals surface area contributed by atoms with Crippen LogP contribution in [0.1, 0.15) is 24.4 Å². The summed E-state index contributed by atoms with van der Waals surface area (Å²) in [5.74, 6) is 0.372. The smallest absolute Gasteiger partial charge is 0.261 e. The maximum Gasteiger partial charge on any atom is 0.261 e. The Bertz CT molecular complexity index is 751. The van der Waals surface area contributed by atoms with Crippen LogP contribution in [0.2, 0.25) is 0 Å². The fourth-order valence-corrected chi connectivity index (χ4v) is 3.08. The van der Waals surface area contributed by atoms with Crippen molar-refractivity contribution in [3.05, 3.63) is 54.0 Å². The zero-order valence-electron chi connectivity index (χ0n) is 14.5. The number of rotatable bonds is 5. The van der Waals surface area contributed by atoms with Crippen molar-refractivity contribution in [3.63, 3.8) is 0 Å². The molecule has 1 amide bonds. The van der Waals surface area contributed by atoms with Crippen LogP contribution < -0.4 is 9.64 Å². The number of carbonyl (C=O) groups excluding carboxylic acids is 1. The average Bonchev–Trinajstić information content (AvgIpc) is 3.11. The van der Waals surface area contributed by atoms with Gasteiger partial charge in [0.25, 0.3) is 5.91 Å². The lowest BCUT2D eigenvalue weighted by molar-refractivity contribution is -0.134. The van der Waals surface area contributed by atoms with E-state index in [-0.39, 0.29) is 24.3 Å². The molecule has 5 nitrogen and oxygen atoms in total. The van der Waals surface area contributed by atoms with Gasteiger partial charge >= 0.3 is 0 Å². The van der Waals surface area contributed by atoms with E-state index in [0.717, 1.165) is 24.2 Å². The highest BCUT2D eigenvalue weighted by molar-refractivity contribution is 5.78. The van der Waals surface area contributed by atoms with Crippen molar-refractivity contribution in [2.75, 3.05) is 32.1 Å². The van der Waals surface area contributed by atoms with Crippen molar-refractivity contribution in [2.24, 2.45) is 0 Å². The first-order valence-electron chi connectivity index (χ1n) is 8.36. The van der Waals surface area contributed by atoms with E-state index in [1.54, 1.807) is 18.3 Å². The van der Waals surface area contributed by atoms with Gasteiger partial charge in [0.2, 0.25) is 0 Å². The van der Waals surface area contributed by atoms with Crippen LogP contribution in [0.4, 0.5) is 10.2 Å². The molecule has 25 heavy (non-hydrogen) atoms. The van der Waals surface area contributed by atoms with Crippen LogP contribution in [0.5, 0.6) is 5.75 Å². The Balaban J connectivity index is 1.70. The molecule has 0 N–H and O–H groups in total. The van der Waals surface area contributed by atoms with Crippen LogP contribution in [-0.2, 0) is 4.79 Å². The Hall–Kier alpha value is -2.63. The van der Waals surface area contributed by atoms with E-state index in [0.29, 0.717) is 6.54 Å². The second-order valence-corrected chi connectivity index (χ2v) is 6.31. The van der Waals surface area contributed by atoms with Gasteiger partial charge in [-0.2, -0.15) is 0 Å². The summed E-state index contributed by atoms with van der Waals surface area (Å²) < 4.78 is 19.0. The summed E-state index contributed by atoms with van der Waals surface area (Å²) in [5, 5.41) is 0. The monoisotopic (exact) mass is 343 g/mol. The lowest BCUT2D eigenvalue weighted by atomic mass is 10.1. The van der Waals surface area contributed by atoms with Gasteiger partial charge in [-0.05, 0) is 42.7 Å². The summed E-state index contributed by atoms with van der Waals surface area (Å²) >= 11 is 0. The molecular weight excluding hydrogens is 321 g/mol. The molecule has 3 rings (SSSR count). The van der Waals surface area contributed by atoms with E-state index in [1.165, 1.54) is 12.1 Å². The SMILES string of the molecule is CN(C)c1cc(C2CCCN2C(=O)COc2ccccc2F)ccn1. The van der Waals surface area contributed by atoms with Crippen molar-refractivity contribution in [3.8, 4) is 5.75 Å². The topological polar surface area (TPSA) is 45.7 Å². The van der Waals surface area contributed by atoms with Crippen LogP contribution in [0.3, 0.4) is 0 Å². The fourth-order valence-electron chi connectivity index (χ4n) is 3.08. The molecule has 0 spiro atoms. The zero-order chi connectivity index (χ0) is 17.8. The van der Waals surface area contributed by atoms with Crippen LogP contribution in [0, 0.1) is 5.82 Å². The molecule has 1 aromatic heterocycles. The minimum absolute atomic E-state index is 0.0124. The number of hydrogen-bond donors (Lipinski definition) is 0. The number of anilines is 1. The number of halogens is 1. The van der Waals surface area contributed by atoms with Gasteiger partial charge in [0.15, 0.2) is 18.2 Å². The van der Waals surface area contributed by atoms with Gasteiger partial charge in [0.1, 0.15) is 5.82 Å². The Morgan fingerprint density at radius 3 is 2.92 bits per heavy atom. The third-order valence-corrected chi connectivity index (χ3v) is 4.37. The van der Waals surface area contributed by atoms with Gasteiger partial charge in [-0.15, -0.1) is 0 Å². The summed E-state index contributed by atoms with van der Waals surface area (Å²) in [6.07, 6.45) is 3.61. The number of para-hydroxylation sites is 1. The van der Waals surface area contributed by atoms with E-state index in [4.69, 9.17) is 4.74 Å². The lowest BCUT2D eigenvalue weighted by Crippen LogP contribution is -2.34. The highest BCUT2D eigenvalue weighted by Crippen LogP contribution is 2.33. The standard InChI is InChI=1S/C19H22FN3O2/c1-22(2)18-12-14(9-10-21-18)16-7-5-11-23(16)19(24)13-25-17-8-4-3-6-15(17)20/h3-4,6,8-10,12,16H,5,7,11,13H2,1-2H3. The largest absolute Gasteiger partial charge is 0.481 e. The molecule has 1 atom stereocenters. The maximum atomic E-state index is 13.6. The quantitative estimate of drug-likeness (QED) is 0.837. The molecule has 0 bridgehead atoms. The first kappa shape index (κ1) is 17.2. The van der Waals surface area contributed by atoms with Crippen molar-refractivity contribution in [2.45, 2.75) is 18.9 Å². The highest BCUT2D eigenvalue weighted by Gasteiger charge is 2.30. The third-order valence-electron chi connectivity index (χ3n) is 4.37. The molecule has 0 aliphatic carbocycles. The predicted molar refractivity (Wildman–Crippen MR) is 94.1 cm³/mol. The van der Waals surface area contributed by atoms with E-state index in [9.17, 15) is 9.18 Å². The van der Waals surface area contributed by atoms with Gasteiger partial charge in [-0.3, -0.25) is 4.79 Å². The van der Waals surface area contributed by atoms with Gasteiger partial charge in [0, 0.05) is 26.8 Å². The number of hydrogen-bond acceptors (Lipinski definition) is 4. The molecule has 6 heteroatoms. The van der Waals surface area contributed by atoms with E-state index in [1.807, 2.05) is 36.0 Å². The number of likely N-dealkylation sites (tertiary alicyclic amines) is 1. The molecule has 2 aromatic rings.